The number of benzene rings is 3. The van der Waals surface area contributed by atoms with E-state index in [9.17, 15) is 9.59 Å². The Kier molecular flexibility index (Phi) is 5.88. The van der Waals surface area contributed by atoms with Crippen LogP contribution >= 0.6 is 11.6 Å². The molecule has 0 saturated carbocycles. The molecule has 7 heteroatoms. The van der Waals surface area contributed by atoms with E-state index in [-0.39, 0.29) is 11.5 Å². The lowest BCUT2D eigenvalue weighted by Gasteiger charge is -2.15. The molecule has 1 heterocycles. The van der Waals surface area contributed by atoms with Crippen LogP contribution < -0.4 is 20.3 Å². The molecule has 1 aromatic heterocycles. The Morgan fingerprint density at radius 1 is 0.969 bits per heavy atom. The van der Waals surface area contributed by atoms with Crippen LogP contribution in [0.1, 0.15) is 15.9 Å². The Balaban J connectivity index is 1.85. The molecule has 0 aliphatic carbocycles. The number of carbonyl (C=O) groups excluding carboxylic acids is 1. The van der Waals surface area contributed by atoms with Gasteiger partial charge in [0, 0.05) is 33.7 Å². The fourth-order valence-corrected chi connectivity index (χ4v) is 3.68. The van der Waals surface area contributed by atoms with Gasteiger partial charge in [0.15, 0.2) is 0 Å². The number of halogens is 1. The van der Waals surface area contributed by atoms with Crippen LogP contribution in [0.3, 0.4) is 0 Å². The van der Waals surface area contributed by atoms with Crippen molar-refractivity contribution in [3.8, 4) is 17.2 Å². The molecular weight excluding hydrogens is 428 g/mol. The third kappa shape index (κ3) is 3.92. The Bertz CT molecular complexity index is 1380. The first kappa shape index (κ1) is 21.5. The summed E-state index contributed by atoms with van der Waals surface area (Å²) in [5.41, 5.74) is 2.05. The first-order valence-corrected chi connectivity index (χ1v) is 10.2. The van der Waals surface area contributed by atoms with E-state index in [0.29, 0.717) is 44.2 Å². The molecule has 32 heavy (non-hydrogen) atoms. The molecule has 0 radical (unpaired) electrons. The number of pyridine rings is 1. The van der Waals surface area contributed by atoms with E-state index in [1.54, 1.807) is 74.0 Å². The first-order chi connectivity index (χ1) is 15.4. The standard InChI is InChI=1S/C25H21ClN2O4/c1-15-12-22(23(32-3)13-21(15)26)27-24(29)20-14-28(16-8-10-17(31-2)11-9-16)25(30)19-7-5-4-6-18(19)20/h4-14H,1-3H3,(H,27,29). The van der Waals surface area contributed by atoms with Gasteiger partial charge in [-0.05, 0) is 48.9 Å². The number of ether oxygens (including phenoxy) is 2. The summed E-state index contributed by atoms with van der Waals surface area (Å²) in [4.78, 5) is 26.5. The Morgan fingerprint density at radius 2 is 1.66 bits per heavy atom. The average Bonchev–Trinajstić information content (AvgIpc) is 2.81. The highest BCUT2D eigenvalue weighted by molar-refractivity contribution is 6.31. The third-order valence-electron chi connectivity index (χ3n) is 5.25. The number of nitrogens with zero attached hydrogens (tertiary/aromatic N) is 1. The van der Waals surface area contributed by atoms with Crippen LogP contribution in [0, 0.1) is 6.92 Å². The van der Waals surface area contributed by atoms with Crippen molar-refractivity contribution in [2.24, 2.45) is 0 Å². The molecule has 1 amide bonds. The number of amides is 1. The summed E-state index contributed by atoms with van der Waals surface area (Å²) in [7, 11) is 3.09. The number of aryl methyl sites for hydroxylation is 1. The fourth-order valence-electron chi connectivity index (χ4n) is 3.53. The lowest BCUT2D eigenvalue weighted by atomic mass is 10.1. The molecule has 0 bridgehead atoms. The zero-order chi connectivity index (χ0) is 22.8. The molecular formula is C25H21ClN2O4. The smallest absolute Gasteiger partial charge is 0.262 e. The molecule has 0 aliphatic rings. The van der Waals surface area contributed by atoms with Gasteiger partial charge >= 0.3 is 0 Å². The van der Waals surface area contributed by atoms with Crippen LogP contribution in [0.25, 0.3) is 16.5 Å². The van der Waals surface area contributed by atoms with E-state index in [4.69, 9.17) is 21.1 Å². The molecule has 1 N–H and O–H groups in total. The second-order valence-electron chi connectivity index (χ2n) is 7.22. The minimum absolute atomic E-state index is 0.220. The van der Waals surface area contributed by atoms with Crippen molar-refractivity contribution in [2.75, 3.05) is 19.5 Å². The predicted octanol–water partition coefficient (Wildman–Crippen LogP) is 5.22. The van der Waals surface area contributed by atoms with Gasteiger partial charge in [0.25, 0.3) is 11.5 Å². The number of hydrogen-bond donors (Lipinski definition) is 1. The van der Waals surface area contributed by atoms with Crippen molar-refractivity contribution in [1.82, 2.24) is 4.57 Å². The molecule has 162 valence electrons. The van der Waals surface area contributed by atoms with E-state index in [2.05, 4.69) is 5.32 Å². The van der Waals surface area contributed by atoms with E-state index in [1.807, 2.05) is 6.92 Å². The molecule has 0 saturated heterocycles. The van der Waals surface area contributed by atoms with Gasteiger partial charge in [-0.2, -0.15) is 0 Å². The molecule has 4 aromatic rings. The van der Waals surface area contributed by atoms with Gasteiger partial charge in [0.2, 0.25) is 0 Å². The number of hydrogen-bond acceptors (Lipinski definition) is 4. The average molecular weight is 449 g/mol. The number of rotatable bonds is 5. The number of aromatic nitrogens is 1. The number of anilines is 1. The van der Waals surface area contributed by atoms with Gasteiger partial charge in [0.05, 0.1) is 25.5 Å². The van der Waals surface area contributed by atoms with Crippen LogP contribution in [0.2, 0.25) is 5.02 Å². The van der Waals surface area contributed by atoms with E-state index < -0.39 is 0 Å². The van der Waals surface area contributed by atoms with Crippen molar-refractivity contribution in [1.29, 1.82) is 0 Å². The highest BCUT2D eigenvalue weighted by Gasteiger charge is 2.18. The molecule has 0 atom stereocenters. The highest BCUT2D eigenvalue weighted by atomic mass is 35.5. The van der Waals surface area contributed by atoms with Gasteiger partial charge in [-0.15, -0.1) is 0 Å². The van der Waals surface area contributed by atoms with E-state index in [0.717, 1.165) is 5.56 Å². The van der Waals surface area contributed by atoms with Crippen LogP contribution in [-0.2, 0) is 0 Å². The lowest BCUT2D eigenvalue weighted by Crippen LogP contribution is -2.22. The van der Waals surface area contributed by atoms with Gasteiger partial charge < -0.3 is 14.8 Å². The summed E-state index contributed by atoms with van der Waals surface area (Å²) < 4.78 is 12.0. The molecule has 0 unspecified atom stereocenters. The van der Waals surface area contributed by atoms with Crippen LogP contribution in [0.15, 0.2) is 71.7 Å². The van der Waals surface area contributed by atoms with Crippen molar-refractivity contribution < 1.29 is 14.3 Å². The van der Waals surface area contributed by atoms with Gasteiger partial charge in [-0.25, -0.2) is 0 Å². The van der Waals surface area contributed by atoms with E-state index in [1.165, 1.54) is 11.7 Å². The monoisotopic (exact) mass is 448 g/mol. The Morgan fingerprint density at radius 3 is 2.31 bits per heavy atom. The quantitative estimate of drug-likeness (QED) is 0.454. The van der Waals surface area contributed by atoms with Crippen molar-refractivity contribution in [3.05, 3.63) is 93.4 Å². The third-order valence-corrected chi connectivity index (χ3v) is 5.66. The maximum Gasteiger partial charge on any atom is 0.262 e. The summed E-state index contributed by atoms with van der Waals surface area (Å²) in [6, 6.07) is 17.5. The topological polar surface area (TPSA) is 69.6 Å². The summed E-state index contributed by atoms with van der Waals surface area (Å²) >= 11 is 6.18. The second-order valence-corrected chi connectivity index (χ2v) is 7.62. The molecule has 3 aromatic carbocycles. The van der Waals surface area contributed by atoms with Crippen LogP contribution in [0.5, 0.6) is 11.5 Å². The zero-order valence-electron chi connectivity index (χ0n) is 17.8. The van der Waals surface area contributed by atoms with E-state index >= 15 is 0 Å². The number of methoxy groups -OCH3 is 2. The van der Waals surface area contributed by atoms with Crippen LogP contribution in [-0.4, -0.2) is 24.7 Å². The number of fused-ring (bicyclic) bond motifs is 1. The summed E-state index contributed by atoms with van der Waals surface area (Å²) in [5, 5.41) is 4.44. The summed E-state index contributed by atoms with van der Waals surface area (Å²) in [6.45, 7) is 1.84. The second kappa shape index (κ2) is 8.77. The fraction of sp³-hybridized carbons (Fsp3) is 0.120. The summed E-state index contributed by atoms with van der Waals surface area (Å²) in [5.74, 6) is 0.746. The van der Waals surface area contributed by atoms with Crippen molar-refractivity contribution in [3.63, 3.8) is 0 Å². The largest absolute Gasteiger partial charge is 0.497 e. The van der Waals surface area contributed by atoms with Gasteiger partial charge in [0.1, 0.15) is 11.5 Å². The van der Waals surface area contributed by atoms with Crippen molar-refractivity contribution >= 4 is 34.0 Å². The minimum atomic E-state index is -0.372. The lowest BCUT2D eigenvalue weighted by molar-refractivity contribution is 0.102. The molecule has 0 aliphatic heterocycles. The predicted molar refractivity (Wildman–Crippen MR) is 127 cm³/mol. The number of carbonyl (C=O) groups is 1. The van der Waals surface area contributed by atoms with Gasteiger partial charge in [-0.1, -0.05) is 29.8 Å². The zero-order valence-corrected chi connectivity index (χ0v) is 18.6. The maximum atomic E-state index is 13.4. The molecule has 6 nitrogen and oxygen atoms in total. The Hall–Kier alpha value is -3.77. The SMILES string of the molecule is COc1ccc(-n2cc(C(=O)Nc3cc(C)c(Cl)cc3OC)c3ccccc3c2=O)cc1. The first-order valence-electron chi connectivity index (χ1n) is 9.87. The normalized spacial score (nSPS) is 10.8. The van der Waals surface area contributed by atoms with Gasteiger partial charge in [-0.3, -0.25) is 14.2 Å². The molecule has 0 spiro atoms. The Labute approximate surface area is 190 Å². The maximum absolute atomic E-state index is 13.4. The molecule has 4 rings (SSSR count). The van der Waals surface area contributed by atoms with Crippen molar-refractivity contribution in [2.45, 2.75) is 6.92 Å². The highest BCUT2D eigenvalue weighted by Crippen LogP contribution is 2.31. The minimum Gasteiger partial charge on any atom is -0.497 e. The summed E-state index contributed by atoms with van der Waals surface area (Å²) in [6.07, 6.45) is 1.55. The van der Waals surface area contributed by atoms with Crippen LogP contribution in [0.4, 0.5) is 5.69 Å². The number of nitrogens with one attached hydrogen (secondary N) is 1. The molecule has 0 fully saturated rings.